The highest BCUT2D eigenvalue weighted by Crippen LogP contribution is 2.34. The van der Waals surface area contributed by atoms with Crippen molar-refractivity contribution in [2.45, 2.75) is 6.42 Å². The van der Waals surface area contributed by atoms with E-state index in [4.69, 9.17) is 0 Å². The summed E-state index contributed by atoms with van der Waals surface area (Å²) in [4.78, 5) is 0. The minimum atomic E-state index is 0.996. The normalized spacial score (nSPS) is 14.1. The second-order valence-corrected chi connectivity index (χ2v) is 4.62. The molecular weight excluding hydrogens is 228 g/mol. The van der Waals surface area contributed by atoms with Crippen LogP contribution in [-0.2, 0) is 0 Å². The fourth-order valence-corrected chi connectivity index (χ4v) is 2.45. The molecule has 1 aliphatic rings. The fourth-order valence-electron chi connectivity index (χ4n) is 2.45. The summed E-state index contributed by atoms with van der Waals surface area (Å²) in [6.07, 6.45) is 9.65. The van der Waals surface area contributed by atoms with Gasteiger partial charge in [0, 0.05) is 30.2 Å². The molecule has 0 N–H and O–H groups in total. The van der Waals surface area contributed by atoms with Gasteiger partial charge in [0.25, 0.3) is 0 Å². The summed E-state index contributed by atoms with van der Waals surface area (Å²) in [6, 6.07) is 21.2. The molecule has 0 unspecified atom stereocenters. The lowest BCUT2D eigenvalue weighted by molar-refractivity contribution is 1.09. The molecule has 0 heteroatoms. The lowest BCUT2D eigenvalue weighted by Crippen LogP contribution is -2.07. The summed E-state index contributed by atoms with van der Waals surface area (Å²) >= 11 is 0. The first-order valence-electron chi connectivity index (χ1n) is 6.62. The second kappa shape index (κ2) is 5.62. The van der Waals surface area contributed by atoms with E-state index in [-0.39, 0.29) is 0 Å². The van der Waals surface area contributed by atoms with E-state index in [9.17, 15) is 0 Å². The van der Waals surface area contributed by atoms with E-state index < -0.39 is 0 Å². The zero-order chi connectivity index (χ0) is 12.9. The van der Waals surface area contributed by atoms with Gasteiger partial charge in [0.1, 0.15) is 5.92 Å². The van der Waals surface area contributed by atoms with Gasteiger partial charge in [0.2, 0.25) is 0 Å². The van der Waals surface area contributed by atoms with Crippen LogP contribution in [-0.4, -0.2) is 0 Å². The molecule has 0 aromatic heterocycles. The van der Waals surface area contributed by atoms with Crippen molar-refractivity contribution in [3.05, 3.63) is 108 Å². The van der Waals surface area contributed by atoms with Crippen LogP contribution in [0.4, 0.5) is 0 Å². The zero-order valence-corrected chi connectivity index (χ0v) is 10.8. The van der Waals surface area contributed by atoms with Crippen molar-refractivity contribution >= 4 is 0 Å². The average Bonchev–Trinajstić information content (AvgIpc) is 2.51. The minimum Gasteiger partial charge on any atom is -0.0622 e. The number of allylic oxidation sites excluding steroid dienone is 4. The first-order valence-corrected chi connectivity index (χ1v) is 6.62. The van der Waals surface area contributed by atoms with E-state index in [0.717, 1.165) is 6.42 Å². The first kappa shape index (κ1) is 11.9. The Morgan fingerprint density at radius 3 is 1.84 bits per heavy atom. The van der Waals surface area contributed by atoms with Crippen LogP contribution in [0.5, 0.6) is 0 Å². The highest BCUT2D eigenvalue weighted by Gasteiger charge is 2.24. The zero-order valence-electron chi connectivity index (χ0n) is 10.8. The molecule has 19 heavy (non-hydrogen) atoms. The van der Waals surface area contributed by atoms with Crippen LogP contribution in [0.3, 0.4) is 0 Å². The Kier molecular flexibility index (Phi) is 3.51. The molecule has 3 rings (SSSR count). The fraction of sp³-hybridized carbons (Fsp3) is 0.0526. The SMILES string of the molecule is C1=CCC([C](c2ccccc2)c2ccccc2)=C[CH+]1. The maximum absolute atomic E-state index is 2.22. The Hall–Kier alpha value is -2.21. The van der Waals surface area contributed by atoms with Gasteiger partial charge >= 0.3 is 0 Å². The highest BCUT2D eigenvalue weighted by molar-refractivity contribution is 5.57. The molecule has 0 atom stereocenters. The lowest BCUT2D eigenvalue weighted by Gasteiger charge is -2.16. The van der Waals surface area contributed by atoms with Crippen LogP contribution in [0.1, 0.15) is 17.5 Å². The molecule has 0 saturated heterocycles. The van der Waals surface area contributed by atoms with Gasteiger partial charge in [-0.1, -0.05) is 60.7 Å². The van der Waals surface area contributed by atoms with Gasteiger partial charge in [-0.05, 0) is 11.1 Å². The van der Waals surface area contributed by atoms with Gasteiger partial charge in [-0.15, -0.1) is 0 Å². The van der Waals surface area contributed by atoms with Gasteiger partial charge in [0.15, 0.2) is 0 Å². The summed E-state index contributed by atoms with van der Waals surface area (Å²) in [5.41, 5.74) is 3.94. The average molecular weight is 244 g/mol. The minimum absolute atomic E-state index is 0.996. The molecule has 1 radical (unpaired) electrons. The Morgan fingerprint density at radius 2 is 1.37 bits per heavy atom. The molecule has 0 bridgehead atoms. The van der Waals surface area contributed by atoms with Crippen molar-refractivity contribution in [3.8, 4) is 0 Å². The summed E-state index contributed by atoms with van der Waals surface area (Å²) in [5.74, 6) is 1.34. The van der Waals surface area contributed by atoms with Crippen LogP contribution >= 0.6 is 0 Å². The van der Waals surface area contributed by atoms with Crippen molar-refractivity contribution in [1.82, 2.24) is 0 Å². The van der Waals surface area contributed by atoms with E-state index in [0.29, 0.717) is 0 Å². The third kappa shape index (κ3) is 2.63. The van der Waals surface area contributed by atoms with Gasteiger partial charge in [-0.3, -0.25) is 0 Å². The van der Waals surface area contributed by atoms with Crippen molar-refractivity contribution in [2.75, 3.05) is 0 Å². The second-order valence-electron chi connectivity index (χ2n) is 4.62. The summed E-state index contributed by atoms with van der Waals surface area (Å²) in [5, 5.41) is 0. The number of benzene rings is 2. The third-order valence-electron chi connectivity index (χ3n) is 3.33. The topological polar surface area (TPSA) is 0 Å². The maximum Gasteiger partial charge on any atom is 0.116 e. The van der Waals surface area contributed by atoms with Crippen LogP contribution in [0.15, 0.2) is 84.5 Å². The Bertz CT molecular complexity index is 536. The van der Waals surface area contributed by atoms with Gasteiger partial charge in [-0.25, -0.2) is 0 Å². The quantitative estimate of drug-likeness (QED) is 0.684. The Labute approximate surface area is 115 Å². The predicted molar refractivity (Wildman–Crippen MR) is 80.5 cm³/mol. The summed E-state index contributed by atoms with van der Waals surface area (Å²) in [7, 11) is 0. The molecule has 91 valence electrons. The molecule has 0 heterocycles. The highest BCUT2D eigenvalue weighted by atomic mass is 14.2. The molecule has 0 spiro atoms. The third-order valence-corrected chi connectivity index (χ3v) is 3.33. The molecule has 0 aliphatic heterocycles. The lowest BCUT2D eigenvalue weighted by atomic mass is 9.82. The van der Waals surface area contributed by atoms with Gasteiger partial charge in [0.05, 0.1) is 6.42 Å². The van der Waals surface area contributed by atoms with E-state index in [1.54, 1.807) is 0 Å². The molecule has 2 aromatic rings. The van der Waals surface area contributed by atoms with Crippen LogP contribution < -0.4 is 0 Å². The largest absolute Gasteiger partial charge is 0.116 e. The van der Waals surface area contributed by atoms with E-state index in [1.165, 1.54) is 22.6 Å². The van der Waals surface area contributed by atoms with Crippen LogP contribution in [0.25, 0.3) is 0 Å². The van der Waals surface area contributed by atoms with Gasteiger partial charge in [-0.2, -0.15) is 0 Å². The van der Waals surface area contributed by atoms with Crippen molar-refractivity contribution < 1.29 is 0 Å². The Balaban J connectivity index is 2.04. The molecule has 0 fully saturated rings. The molecule has 0 saturated carbocycles. The molecule has 1 aliphatic carbocycles. The van der Waals surface area contributed by atoms with E-state index in [2.05, 4.69) is 85.3 Å². The predicted octanol–water partition coefficient (Wildman–Crippen LogP) is 4.75. The monoisotopic (exact) mass is 244 g/mol. The standard InChI is InChI=1S/C19H16/c1-4-10-16(11-5-1)19(17-12-6-2-7-13-17)18-14-8-3-9-15-18/h1-14H,15H2/q+1. The number of rotatable bonds is 3. The Morgan fingerprint density at radius 1 is 0.789 bits per heavy atom. The molecule has 0 nitrogen and oxygen atoms in total. The maximum atomic E-state index is 2.22. The summed E-state index contributed by atoms with van der Waals surface area (Å²) < 4.78 is 0. The summed E-state index contributed by atoms with van der Waals surface area (Å²) in [6.45, 7) is 0. The van der Waals surface area contributed by atoms with Crippen LogP contribution in [0.2, 0.25) is 0 Å². The first-order chi connectivity index (χ1) is 9.45. The van der Waals surface area contributed by atoms with Gasteiger partial charge < -0.3 is 0 Å². The van der Waals surface area contributed by atoms with Crippen LogP contribution in [0, 0.1) is 12.3 Å². The van der Waals surface area contributed by atoms with E-state index in [1.807, 2.05) is 0 Å². The smallest absolute Gasteiger partial charge is 0.0622 e. The van der Waals surface area contributed by atoms with Crippen molar-refractivity contribution in [1.29, 1.82) is 0 Å². The number of hydrogen-bond donors (Lipinski definition) is 0. The van der Waals surface area contributed by atoms with Crippen molar-refractivity contribution in [3.63, 3.8) is 0 Å². The molecule has 0 amide bonds. The van der Waals surface area contributed by atoms with Crippen molar-refractivity contribution in [2.24, 2.45) is 0 Å². The molecule has 2 aromatic carbocycles. The number of hydrogen-bond acceptors (Lipinski definition) is 0. The van der Waals surface area contributed by atoms with E-state index >= 15 is 0 Å². The molecular formula is C19H16+.